The Hall–Kier alpha value is -1.48. The predicted octanol–water partition coefficient (Wildman–Crippen LogP) is 1.46. The molecule has 0 amide bonds. The lowest BCUT2D eigenvalue weighted by Crippen LogP contribution is -2.33. The highest BCUT2D eigenvalue weighted by atomic mass is 15.0. The first-order valence-corrected chi connectivity index (χ1v) is 4.94. The number of hydrogen-bond acceptors (Lipinski definition) is 2. The minimum Gasteiger partial charge on any atom is -0.380 e. The third kappa shape index (κ3) is 0.960. The lowest BCUT2D eigenvalue weighted by molar-refractivity contribution is 0.720. The van der Waals surface area contributed by atoms with E-state index in [1.54, 1.807) is 0 Å². The van der Waals surface area contributed by atoms with E-state index in [1.807, 2.05) is 0 Å². The SMILES string of the molecule is NCC1Cc2c[nH]c3cccc(c23)N1. The molecule has 3 heteroatoms. The molecule has 2 aromatic rings. The van der Waals surface area contributed by atoms with Gasteiger partial charge in [0.2, 0.25) is 0 Å². The molecule has 0 bridgehead atoms. The van der Waals surface area contributed by atoms with Crippen LogP contribution in [-0.2, 0) is 6.42 Å². The first-order chi connectivity index (χ1) is 6.88. The molecule has 0 aliphatic carbocycles. The second-order valence-corrected chi connectivity index (χ2v) is 3.82. The molecule has 3 nitrogen and oxygen atoms in total. The van der Waals surface area contributed by atoms with Gasteiger partial charge in [-0.25, -0.2) is 0 Å². The number of anilines is 1. The van der Waals surface area contributed by atoms with E-state index >= 15 is 0 Å². The van der Waals surface area contributed by atoms with Crippen LogP contribution in [0.2, 0.25) is 0 Å². The highest BCUT2D eigenvalue weighted by Gasteiger charge is 2.19. The van der Waals surface area contributed by atoms with E-state index < -0.39 is 0 Å². The summed E-state index contributed by atoms with van der Waals surface area (Å²) < 4.78 is 0. The van der Waals surface area contributed by atoms with Crippen LogP contribution in [0.3, 0.4) is 0 Å². The Balaban J connectivity index is 2.23. The van der Waals surface area contributed by atoms with Crippen LogP contribution in [0.25, 0.3) is 10.9 Å². The van der Waals surface area contributed by atoms with E-state index in [9.17, 15) is 0 Å². The summed E-state index contributed by atoms with van der Waals surface area (Å²) in [6.07, 6.45) is 3.12. The maximum atomic E-state index is 5.68. The molecular formula is C11H13N3. The van der Waals surface area contributed by atoms with Gasteiger partial charge in [-0.2, -0.15) is 0 Å². The van der Waals surface area contributed by atoms with E-state index in [2.05, 4.69) is 34.7 Å². The molecule has 2 heterocycles. The molecule has 14 heavy (non-hydrogen) atoms. The van der Waals surface area contributed by atoms with Gasteiger partial charge in [-0.1, -0.05) is 6.07 Å². The van der Waals surface area contributed by atoms with Crippen LogP contribution in [0.15, 0.2) is 24.4 Å². The van der Waals surface area contributed by atoms with Gasteiger partial charge in [0, 0.05) is 35.4 Å². The number of benzene rings is 1. The van der Waals surface area contributed by atoms with Crippen LogP contribution < -0.4 is 11.1 Å². The summed E-state index contributed by atoms with van der Waals surface area (Å²) in [4.78, 5) is 3.28. The Morgan fingerprint density at radius 1 is 1.43 bits per heavy atom. The Labute approximate surface area is 82.3 Å². The van der Waals surface area contributed by atoms with Crippen molar-refractivity contribution in [2.24, 2.45) is 5.73 Å². The Kier molecular flexibility index (Phi) is 1.55. The largest absolute Gasteiger partial charge is 0.380 e. The fourth-order valence-electron chi connectivity index (χ4n) is 2.22. The van der Waals surface area contributed by atoms with Crippen molar-refractivity contribution >= 4 is 16.6 Å². The number of H-pyrrole nitrogens is 1. The molecule has 1 unspecified atom stereocenters. The molecule has 0 saturated heterocycles. The number of aromatic nitrogens is 1. The van der Waals surface area contributed by atoms with Gasteiger partial charge < -0.3 is 16.0 Å². The van der Waals surface area contributed by atoms with E-state index in [4.69, 9.17) is 5.73 Å². The normalized spacial score (nSPS) is 19.6. The molecule has 0 spiro atoms. The molecule has 1 aliphatic rings. The van der Waals surface area contributed by atoms with Crippen LogP contribution in [0.1, 0.15) is 5.56 Å². The molecule has 0 radical (unpaired) electrons. The summed E-state index contributed by atoms with van der Waals surface area (Å²) in [5.74, 6) is 0. The van der Waals surface area contributed by atoms with E-state index in [0.29, 0.717) is 12.6 Å². The average Bonchev–Trinajstić information content (AvgIpc) is 2.64. The van der Waals surface area contributed by atoms with Crippen molar-refractivity contribution in [3.05, 3.63) is 30.0 Å². The fraction of sp³-hybridized carbons (Fsp3) is 0.273. The van der Waals surface area contributed by atoms with Gasteiger partial charge in [0.15, 0.2) is 0 Å². The second-order valence-electron chi connectivity index (χ2n) is 3.82. The smallest absolute Gasteiger partial charge is 0.0477 e. The van der Waals surface area contributed by atoms with E-state index in [-0.39, 0.29) is 0 Å². The predicted molar refractivity (Wildman–Crippen MR) is 58.5 cm³/mol. The Morgan fingerprint density at radius 2 is 2.36 bits per heavy atom. The highest BCUT2D eigenvalue weighted by molar-refractivity contribution is 5.96. The van der Waals surface area contributed by atoms with E-state index in [1.165, 1.54) is 22.2 Å². The van der Waals surface area contributed by atoms with Crippen LogP contribution in [0.4, 0.5) is 5.69 Å². The van der Waals surface area contributed by atoms with E-state index in [0.717, 1.165) is 6.42 Å². The topological polar surface area (TPSA) is 53.8 Å². The van der Waals surface area contributed by atoms with Crippen LogP contribution in [0, 0.1) is 0 Å². The summed E-state index contributed by atoms with van der Waals surface area (Å²) in [5, 5.41) is 4.78. The zero-order valence-corrected chi connectivity index (χ0v) is 7.88. The van der Waals surface area contributed by atoms with Crippen molar-refractivity contribution in [1.82, 2.24) is 4.98 Å². The zero-order valence-electron chi connectivity index (χ0n) is 7.88. The van der Waals surface area contributed by atoms with Gasteiger partial charge in [-0.3, -0.25) is 0 Å². The number of rotatable bonds is 1. The Morgan fingerprint density at radius 3 is 3.21 bits per heavy atom. The third-order valence-corrected chi connectivity index (χ3v) is 2.90. The third-order valence-electron chi connectivity index (χ3n) is 2.90. The molecule has 1 aliphatic heterocycles. The average molecular weight is 187 g/mol. The minimum atomic E-state index is 0.379. The van der Waals surface area contributed by atoms with Crippen molar-refractivity contribution in [2.45, 2.75) is 12.5 Å². The Bertz CT molecular complexity index is 472. The van der Waals surface area contributed by atoms with Gasteiger partial charge in [0.25, 0.3) is 0 Å². The molecule has 1 atom stereocenters. The summed E-state index contributed by atoms with van der Waals surface area (Å²) in [6.45, 7) is 0.682. The van der Waals surface area contributed by atoms with Crippen molar-refractivity contribution in [3.63, 3.8) is 0 Å². The van der Waals surface area contributed by atoms with Crippen molar-refractivity contribution < 1.29 is 0 Å². The minimum absolute atomic E-state index is 0.379. The molecule has 4 N–H and O–H groups in total. The highest BCUT2D eigenvalue weighted by Crippen LogP contribution is 2.31. The van der Waals surface area contributed by atoms with Gasteiger partial charge in [-0.15, -0.1) is 0 Å². The maximum absolute atomic E-state index is 5.68. The molecule has 1 aromatic carbocycles. The summed E-state index contributed by atoms with van der Waals surface area (Å²) in [7, 11) is 0. The number of nitrogens with one attached hydrogen (secondary N) is 2. The first kappa shape index (κ1) is 7.88. The van der Waals surface area contributed by atoms with Gasteiger partial charge in [0.05, 0.1) is 0 Å². The monoisotopic (exact) mass is 187 g/mol. The molecule has 0 saturated carbocycles. The summed E-state index contributed by atoms with van der Waals surface area (Å²) in [5.41, 5.74) is 9.48. The van der Waals surface area contributed by atoms with Gasteiger partial charge >= 0.3 is 0 Å². The number of nitrogens with two attached hydrogens (primary N) is 1. The van der Waals surface area contributed by atoms with Crippen LogP contribution in [0.5, 0.6) is 0 Å². The molecule has 3 rings (SSSR count). The summed E-state index contributed by atoms with van der Waals surface area (Å²) >= 11 is 0. The lowest BCUT2D eigenvalue weighted by Gasteiger charge is -2.23. The van der Waals surface area contributed by atoms with Crippen molar-refractivity contribution in [1.29, 1.82) is 0 Å². The van der Waals surface area contributed by atoms with Crippen molar-refractivity contribution in [3.8, 4) is 0 Å². The molecule has 1 aromatic heterocycles. The molecular weight excluding hydrogens is 174 g/mol. The quantitative estimate of drug-likeness (QED) is 0.633. The first-order valence-electron chi connectivity index (χ1n) is 4.94. The molecule has 0 fully saturated rings. The standard InChI is InChI=1S/C11H13N3/c12-5-8-4-7-6-13-9-2-1-3-10(14-8)11(7)9/h1-3,6,8,13-14H,4-5,12H2. The van der Waals surface area contributed by atoms with Crippen LogP contribution in [-0.4, -0.2) is 17.6 Å². The molecule has 72 valence electrons. The summed E-state index contributed by atoms with van der Waals surface area (Å²) in [6, 6.07) is 6.65. The van der Waals surface area contributed by atoms with Crippen molar-refractivity contribution in [2.75, 3.05) is 11.9 Å². The lowest BCUT2D eigenvalue weighted by atomic mass is 9.99. The van der Waals surface area contributed by atoms with Gasteiger partial charge in [0.1, 0.15) is 0 Å². The fourth-order valence-corrected chi connectivity index (χ4v) is 2.22. The number of hydrogen-bond donors (Lipinski definition) is 3. The van der Waals surface area contributed by atoms with Crippen LogP contribution >= 0.6 is 0 Å². The van der Waals surface area contributed by atoms with Gasteiger partial charge in [-0.05, 0) is 24.1 Å². The maximum Gasteiger partial charge on any atom is 0.0477 e. The zero-order chi connectivity index (χ0) is 9.54. The number of aromatic amines is 1. The second kappa shape index (κ2) is 2.75.